The Kier molecular flexibility index (Phi) is 7.54. The Balaban J connectivity index is 4.00. The summed E-state index contributed by atoms with van der Waals surface area (Å²) < 4.78 is 0. The molecule has 0 bridgehead atoms. The van der Waals surface area contributed by atoms with Gasteiger partial charge in [0.15, 0.2) is 0 Å². The van der Waals surface area contributed by atoms with Gasteiger partial charge in [0.05, 0.1) is 13.1 Å². The summed E-state index contributed by atoms with van der Waals surface area (Å²) in [6, 6.07) is 0.105. The molecule has 0 radical (unpaired) electrons. The van der Waals surface area contributed by atoms with Crippen LogP contribution in [0.1, 0.15) is 27.2 Å². The number of nitrogens with one attached hydrogen (secondary N) is 1. The number of rotatable bonds is 7. The molecule has 0 saturated heterocycles. The molecule has 0 aliphatic rings. The van der Waals surface area contributed by atoms with E-state index in [0.717, 1.165) is 13.0 Å². The number of likely N-dealkylation sites (N-methyl/N-ethyl adjacent to an activating group) is 2. The number of carbonyl (C=O) groups excluding carboxylic acids is 2. The zero-order chi connectivity index (χ0) is 13.4. The van der Waals surface area contributed by atoms with Crippen molar-refractivity contribution >= 4 is 11.8 Å². The molecule has 0 unspecified atom stereocenters. The van der Waals surface area contributed by atoms with Crippen molar-refractivity contribution in [3.8, 4) is 0 Å². The minimum atomic E-state index is -0.117. The fraction of sp³-hybridized carbons (Fsp3) is 0.833. The lowest BCUT2D eigenvalue weighted by Gasteiger charge is -2.21. The number of nitrogens with zero attached hydrogens (tertiary/aromatic N) is 2. The van der Waals surface area contributed by atoms with Crippen LogP contribution >= 0.6 is 0 Å². The second-order valence-electron chi connectivity index (χ2n) is 4.71. The molecule has 0 rings (SSSR count). The average Bonchev–Trinajstić information content (AvgIpc) is 2.15. The van der Waals surface area contributed by atoms with Crippen molar-refractivity contribution in [2.75, 3.05) is 33.7 Å². The van der Waals surface area contributed by atoms with Crippen LogP contribution in [-0.2, 0) is 9.59 Å². The van der Waals surface area contributed by atoms with Gasteiger partial charge in [0.1, 0.15) is 0 Å². The third-order valence-electron chi connectivity index (χ3n) is 2.27. The molecule has 0 atom stereocenters. The maximum Gasteiger partial charge on any atom is 0.239 e. The van der Waals surface area contributed by atoms with Crippen LogP contribution in [0.4, 0.5) is 0 Å². The van der Waals surface area contributed by atoms with E-state index in [0.29, 0.717) is 6.54 Å². The van der Waals surface area contributed by atoms with E-state index >= 15 is 0 Å². The van der Waals surface area contributed by atoms with E-state index < -0.39 is 0 Å². The normalized spacial score (nSPS) is 10.8. The van der Waals surface area contributed by atoms with E-state index in [4.69, 9.17) is 0 Å². The second-order valence-corrected chi connectivity index (χ2v) is 4.71. The lowest BCUT2D eigenvalue weighted by molar-refractivity contribution is -0.135. The minimum absolute atomic E-state index is 0.0279. The predicted octanol–water partition coefficient (Wildman–Crippen LogP) is 0.311. The molecular weight excluding hydrogens is 218 g/mol. The molecular formula is C12H25N3O2. The Morgan fingerprint density at radius 1 is 1.18 bits per heavy atom. The topological polar surface area (TPSA) is 52.7 Å². The molecule has 0 fully saturated rings. The summed E-state index contributed by atoms with van der Waals surface area (Å²) in [6.07, 6.45) is 1.02. The van der Waals surface area contributed by atoms with Crippen molar-refractivity contribution in [2.24, 2.45) is 0 Å². The van der Waals surface area contributed by atoms with Gasteiger partial charge < -0.3 is 10.2 Å². The van der Waals surface area contributed by atoms with Crippen LogP contribution < -0.4 is 5.32 Å². The highest BCUT2D eigenvalue weighted by molar-refractivity contribution is 5.85. The summed E-state index contributed by atoms with van der Waals surface area (Å²) in [6.45, 7) is 7.23. The first-order valence-electron chi connectivity index (χ1n) is 6.08. The summed E-state index contributed by atoms with van der Waals surface area (Å²) in [5.41, 5.74) is 0. The van der Waals surface area contributed by atoms with Crippen molar-refractivity contribution in [1.82, 2.24) is 15.1 Å². The molecule has 0 aliphatic carbocycles. The third-order valence-corrected chi connectivity index (χ3v) is 2.27. The van der Waals surface area contributed by atoms with Crippen LogP contribution in [0.15, 0.2) is 0 Å². The summed E-state index contributed by atoms with van der Waals surface area (Å²) in [7, 11) is 3.56. The van der Waals surface area contributed by atoms with Crippen molar-refractivity contribution in [1.29, 1.82) is 0 Å². The lowest BCUT2D eigenvalue weighted by atomic mass is 10.3. The zero-order valence-electron chi connectivity index (χ0n) is 11.6. The van der Waals surface area contributed by atoms with Crippen LogP contribution in [0.5, 0.6) is 0 Å². The molecule has 5 heteroatoms. The number of hydrogen-bond acceptors (Lipinski definition) is 3. The molecule has 0 aromatic carbocycles. The highest BCUT2D eigenvalue weighted by Gasteiger charge is 2.14. The van der Waals surface area contributed by atoms with Gasteiger partial charge in [-0.1, -0.05) is 6.92 Å². The Labute approximate surface area is 104 Å². The van der Waals surface area contributed by atoms with Crippen molar-refractivity contribution < 1.29 is 9.59 Å². The van der Waals surface area contributed by atoms with Crippen molar-refractivity contribution in [2.45, 2.75) is 33.2 Å². The maximum atomic E-state index is 11.8. The van der Waals surface area contributed by atoms with Crippen LogP contribution in [0.3, 0.4) is 0 Å². The van der Waals surface area contributed by atoms with Crippen LogP contribution in [0.25, 0.3) is 0 Å². The highest BCUT2D eigenvalue weighted by Crippen LogP contribution is 1.91. The molecule has 0 aliphatic heterocycles. The van der Waals surface area contributed by atoms with Gasteiger partial charge in [-0.25, -0.2) is 0 Å². The summed E-state index contributed by atoms with van der Waals surface area (Å²) in [5, 5.41) is 2.76. The van der Waals surface area contributed by atoms with Crippen LogP contribution in [-0.4, -0.2) is 61.4 Å². The SMILES string of the molecule is CCCN(C)CC(=O)N(C)CC(=O)NC(C)C. The van der Waals surface area contributed by atoms with Gasteiger partial charge in [-0.2, -0.15) is 0 Å². The van der Waals surface area contributed by atoms with E-state index in [2.05, 4.69) is 12.2 Å². The van der Waals surface area contributed by atoms with Gasteiger partial charge in [-0.15, -0.1) is 0 Å². The molecule has 2 amide bonds. The van der Waals surface area contributed by atoms with Crippen LogP contribution in [0.2, 0.25) is 0 Å². The molecule has 0 aromatic heterocycles. The second kappa shape index (κ2) is 8.06. The van der Waals surface area contributed by atoms with Crippen molar-refractivity contribution in [3.63, 3.8) is 0 Å². The molecule has 0 spiro atoms. The number of hydrogen-bond donors (Lipinski definition) is 1. The van der Waals surface area contributed by atoms with E-state index in [-0.39, 0.29) is 24.4 Å². The standard InChI is InChI=1S/C12H25N3O2/c1-6-7-14(4)9-12(17)15(5)8-11(16)13-10(2)3/h10H,6-9H2,1-5H3,(H,13,16). The van der Waals surface area contributed by atoms with Gasteiger partial charge in [-0.3, -0.25) is 14.5 Å². The van der Waals surface area contributed by atoms with Gasteiger partial charge in [-0.05, 0) is 33.9 Å². The van der Waals surface area contributed by atoms with Gasteiger partial charge >= 0.3 is 0 Å². The average molecular weight is 243 g/mol. The molecule has 1 N–H and O–H groups in total. The Hall–Kier alpha value is -1.10. The number of amides is 2. The molecule has 100 valence electrons. The molecule has 0 saturated carbocycles. The Morgan fingerprint density at radius 3 is 2.24 bits per heavy atom. The zero-order valence-corrected chi connectivity index (χ0v) is 11.6. The Morgan fingerprint density at radius 2 is 1.76 bits per heavy atom. The fourth-order valence-corrected chi connectivity index (χ4v) is 1.48. The largest absolute Gasteiger partial charge is 0.352 e. The van der Waals surface area contributed by atoms with E-state index in [1.807, 2.05) is 25.8 Å². The van der Waals surface area contributed by atoms with Crippen LogP contribution in [0, 0.1) is 0 Å². The van der Waals surface area contributed by atoms with E-state index in [1.54, 1.807) is 7.05 Å². The minimum Gasteiger partial charge on any atom is -0.352 e. The Bertz CT molecular complexity index is 254. The monoisotopic (exact) mass is 243 g/mol. The van der Waals surface area contributed by atoms with E-state index in [9.17, 15) is 9.59 Å². The quantitative estimate of drug-likeness (QED) is 0.700. The fourth-order valence-electron chi connectivity index (χ4n) is 1.48. The molecule has 0 heterocycles. The van der Waals surface area contributed by atoms with E-state index in [1.165, 1.54) is 4.90 Å². The van der Waals surface area contributed by atoms with Gasteiger partial charge in [0.2, 0.25) is 11.8 Å². The maximum absolute atomic E-state index is 11.8. The highest BCUT2D eigenvalue weighted by atomic mass is 16.2. The molecule has 0 aromatic rings. The smallest absolute Gasteiger partial charge is 0.239 e. The van der Waals surface area contributed by atoms with Gasteiger partial charge in [0, 0.05) is 13.1 Å². The first kappa shape index (κ1) is 15.9. The predicted molar refractivity (Wildman–Crippen MR) is 68.7 cm³/mol. The molecule has 17 heavy (non-hydrogen) atoms. The molecule has 5 nitrogen and oxygen atoms in total. The first-order valence-corrected chi connectivity index (χ1v) is 6.08. The third kappa shape index (κ3) is 7.74. The lowest BCUT2D eigenvalue weighted by Crippen LogP contribution is -2.43. The summed E-state index contributed by atoms with van der Waals surface area (Å²) in [5.74, 6) is -0.145. The summed E-state index contributed by atoms with van der Waals surface area (Å²) >= 11 is 0. The number of carbonyl (C=O) groups is 2. The first-order chi connectivity index (χ1) is 7.86. The van der Waals surface area contributed by atoms with Gasteiger partial charge in [0.25, 0.3) is 0 Å². The van der Waals surface area contributed by atoms with Crippen molar-refractivity contribution in [3.05, 3.63) is 0 Å². The summed E-state index contributed by atoms with van der Waals surface area (Å²) in [4.78, 5) is 26.6.